The van der Waals surface area contributed by atoms with Crippen molar-refractivity contribution >= 4 is 11.8 Å². The van der Waals surface area contributed by atoms with Gasteiger partial charge in [-0.15, -0.1) is 0 Å². The van der Waals surface area contributed by atoms with Crippen LogP contribution in [0.4, 0.5) is 0 Å². The molecule has 0 unspecified atom stereocenters. The summed E-state index contributed by atoms with van der Waals surface area (Å²) in [6.45, 7) is 6.17. The van der Waals surface area contributed by atoms with Crippen molar-refractivity contribution in [3.05, 3.63) is 53.3 Å². The summed E-state index contributed by atoms with van der Waals surface area (Å²) in [6, 6.07) is 12.8. The lowest BCUT2D eigenvalue weighted by atomic mass is 10.2. The number of aryl methyl sites for hydroxylation is 3. The van der Waals surface area contributed by atoms with E-state index in [2.05, 4.69) is 48.3 Å². The van der Waals surface area contributed by atoms with E-state index in [0.717, 1.165) is 11.4 Å². The Kier molecular flexibility index (Phi) is 3.30. The molecule has 0 radical (unpaired) electrons. The molecule has 1 aromatic carbocycles. The topological polar surface area (TPSA) is 12.9 Å². The van der Waals surface area contributed by atoms with Crippen LogP contribution in [-0.2, 0) is 0 Å². The second-order valence-corrected chi connectivity index (χ2v) is 5.15. The minimum absolute atomic E-state index is 1.08. The molecule has 1 heterocycles. The molecule has 1 nitrogen and oxygen atoms in total. The van der Waals surface area contributed by atoms with Crippen LogP contribution in [0.3, 0.4) is 0 Å². The molecule has 1 aromatic heterocycles. The van der Waals surface area contributed by atoms with Gasteiger partial charge in [-0.3, -0.25) is 4.98 Å². The van der Waals surface area contributed by atoms with Crippen LogP contribution in [0, 0.1) is 20.8 Å². The summed E-state index contributed by atoms with van der Waals surface area (Å²) in [6.07, 6.45) is 0. The molecule has 16 heavy (non-hydrogen) atoms. The first-order chi connectivity index (χ1) is 7.63. The van der Waals surface area contributed by atoms with Crippen LogP contribution < -0.4 is 0 Å². The fraction of sp³-hybridized carbons (Fsp3) is 0.214. The van der Waals surface area contributed by atoms with Gasteiger partial charge in [-0.05, 0) is 45.0 Å². The summed E-state index contributed by atoms with van der Waals surface area (Å²) in [7, 11) is 0. The highest BCUT2D eigenvalue weighted by molar-refractivity contribution is 7.99. The van der Waals surface area contributed by atoms with Crippen molar-refractivity contribution < 1.29 is 0 Å². The summed E-state index contributed by atoms with van der Waals surface area (Å²) < 4.78 is 0. The zero-order valence-electron chi connectivity index (χ0n) is 9.82. The number of rotatable bonds is 2. The molecule has 0 bridgehead atoms. The Morgan fingerprint density at radius 2 is 1.38 bits per heavy atom. The van der Waals surface area contributed by atoms with Crippen LogP contribution in [-0.4, -0.2) is 4.98 Å². The third-order valence-corrected chi connectivity index (χ3v) is 3.29. The number of hydrogen-bond acceptors (Lipinski definition) is 2. The van der Waals surface area contributed by atoms with Crippen LogP contribution in [0.2, 0.25) is 0 Å². The Balaban J connectivity index is 2.23. The molecule has 2 rings (SSSR count). The van der Waals surface area contributed by atoms with E-state index in [4.69, 9.17) is 0 Å². The van der Waals surface area contributed by atoms with Crippen LogP contribution in [0.5, 0.6) is 0 Å². The molecule has 0 amide bonds. The Morgan fingerprint density at radius 3 is 1.94 bits per heavy atom. The molecule has 0 fully saturated rings. The SMILES string of the molecule is Cc1ccc(Sc2cc(C)nc(C)c2)cc1. The summed E-state index contributed by atoms with van der Waals surface area (Å²) >= 11 is 1.78. The van der Waals surface area contributed by atoms with E-state index < -0.39 is 0 Å². The molecule has 0 aliphatic heterocycles. The monoisotopic (exact) mass is 229 g/mol. The van der Waals surface area contributed by atoms with E-state index in [9.17, 15) is 0 Å². The van der Waals surface area contributed by atoms with Gasteiger partial charge in [-0.25, -0.2) is 0 Å². The van der Waals surface area contributed by atoms with E-state index in [1.807, 2.05) is 13.8 Å². The predicted molar refractivity (Wildman–Crippen MR) is 69.0 cm³/mol. The average molecular weight is 229 g/mol. The number of nitrogens with zero attached hydrogens (tertiary/aromatic N) is 1. The van der Waals surface area contributed by atoms with Crippen molar-refractivity contribution in [1.82, 2.24) is 4.98 Å². The van der Waals surface area contributed by atoms with Gasteiger partial charge in [0.25, 0.3) is 0 Å². The first kappa shape index (κ1) is 11.2. The number of pyridine rings is 1. The maximum absolute atomic E-state index is 4.38. The van der Waals surface area contributed by atoms with Gasteiger partial charge in [0.2, 0.25) is 0 Å². The van der Waals surface area contributed by atoms with Crippen molar-refractivity contribution in [3.8, 4) is 0 Å². The molecule has 82 valence electrons. The lowest BCUT2D eigenvalue weighted by Crippen LogP contribution is -1.86. The normalized spacial score (nSPS) is 10.4. The summed E-state index contributed by atoms with van der Waals surface area (Å²) in [5.74, 6) is 0. The van der Waals surface area contributed by atoms with Crippen molar-refractivity contribution in [1.29, 1.82) is 0 Å². The van der Waals surface area contributed by atoms with Crippen molar-refractivity contribution in [2.45, 2.75) is 30.6 Å². The molecule has 0 aliphatic carbocycles. The van der Waals surface area contributed by atoms with Crippen molar-refractivity contribution in [2.75, 3.05) is 0 Å². The Hall–Kier alpha value is -1.28. The average Bonchev–Trinajstić information content (AvgIpc) is 2.20. The molecule has 0 atom stereocenters. The highest BCUT2D eigenvalue weighted by Crippen LogP contribution is 2.28. The second kappa shape index (κ2) is 4.71. The maximum atomic E-state index is 4.38. The quantitative estimate of drug-likeness (QED) is 0.767. The molecule has 2 aromatic rings. The van der Waals surface area contributed by atoms with Gasteiger partial charge in [0.1, 0.15) is 0 Å². The van der Waals surface area contributed by atoms with Gasteiger partial charge < -0.3 is 0 Å². The lowest BCUT2D eigenvalue weighted by molar-refractivity contribution is 1.09. The van der Waals surface area contributed by atoms with Gasteiger partial charge in [0, 0.05) is 21.2 Å². The molecule has 0 saturated carbocycles. The Labute approximate surface area is 101 Å². The zero-order chi connectivity index (χ0) is 11.5. The van der Waals surface area contributed by atoms with Crippen LogP contribution in [0.25, 0.3) is 0 Å². The molecule has 0 N–H and O–H groups in total. The first-order valence-corrected chi connectivity index (χ1v) is 6.15. The van der Waals surface area contributed by atoms with E-state index in [0.29, 0.717) is 0 Å². The minimum atomic E-state index is 1.08. The molecular weight excluding hydrogens is 214 g/mol. The fourth-order valence-electron chi connectivity index (χ4n) is 1.60. The standard InChI is InChI=1S/C14H15NS/c1-10-4-6-13(7-5-10)16-14-8-11(2)15-12(3)9-14/h4-9H,1-3H3. The summed E-state index contributed by atoms with van der Waals surface area (Å²) in [5, 5.41) is 0. The van der Waals surface area contributed by atoms with Crippen molar-refractivity contribution in [2.24, 2.45) is 0 Å². The molecule has 2 heteroatoms. The van der Waals surface area contributed by atoms with Crippen LogP contribution in [0.15, 0.2) is 46.2 Å². The number of aromatic nitrogens is 1. The Morgan fingerprint density at radius 1 is 0.812 bits per heavy atom. The smallest absolute Gasteiger partial charge is 0.0387 e. The van der Waals surface area contributed by atoms with Crippen molar-refractivity contribution in [3.63, 3.8) is 0 Å². The lowest BCUT2D eigenvalue weighted by Gasteiger charge is -2.04. The minimum Gasteiger partial charge on any atom is -0.258 e. The van der Waals surface area contributed by atoms with E-state index in [1.165, 1.54) is 15.4 Å². The zero-order valence-corrected chi connectivity index (χ0v) is 10.6. The number of benzene rings is 1. The highest BCUT2D eigenvalue weighted by atomic mass is 32.2. The number of hydrogen-bond donors (Lipinski definition) is 0. The van der Waals surface area contributed by atoms with Gasteiger partial charge >= 0.3 is 0 Å². The van der Waals surface area contributed by atoms with Gasteiger partial charge in [0.15, 0.2) is 0 Å². The van der Waals surface area contributed by atoms with E-state index >= 15 is 0 Å². The second-order valence-electron chi connectivity index (χ2n) is 4.00. The highest BCUT2D eigenvalue weighted by Gasteiger charge is 1.99. The van der Waals surface area contributed by atoms with E-state index in [1.54, 1.807) is 11.8 Å². The maximum Gasteiger partial charge on any atom is 0.0387 e. The molecular formula is C14H15NS. The molecule has 0 spiro atoms. The third-order valence-electron chi connectivity index (χ3n) is 2.31. The van der Waals surface area contributed by atoms with Crippen LogP contribution >= 0.6 is 11.8 Å². The van der Waals surface area contributed by atoms with Gasteiger partial charge in [-0.1, -0.05) is 29.5 Å². The summed E-state index contributed by atoms with van der Waals surface area (Å²) in [4.78, 5) is 6.91. The largest absolute Gasteiger partial charge is 0.258 e. The molecule has 0 aliphatic rings. The van der Waals surface area contributed by atoms with E-state index in [-0.39, 0.29) is 0 Å². The Bertz CT molecular complexity index is 468. The van der Waals surface area contributed by atoms with Crippen LogP contribution in [0.1, 0.15) is 17.0 Å². The molecule has 0 saturated heterocycles. The fourth-order valence-corrected chi connectivity index (χ4v) is 2.60. The van der Waals surface area contributed by atoms with Gasteiger partial charge in [0.05, 0.1) is 0 Å². The van der Waals surface area contributed by atoms with Gasteiger partial charge in [-0.2, -0.15) is 0 Å². The summed E-state index contributed by atoms with van der Waals surface area (Å²) in [5.41, 5.74) is 3.45. The first-order valence-electron chi connectivity index (χ1n) is 5.33. The predicted octanol–water partition coefficient (Wildman–Crippen LogP) is 4.16. The third kappa shape index (κ3) is 2.86.